The highest BCUT2D eigenvalue weighted by Gasteiger charge is 2.31. The fourth-order valence-corrected chi connectivity index (χ4v) is 2.30. The quantitative estimate of drug-likeness (QED) is 0.658. The molecule has 0 heterocycles. The van der Waals surface area contributed by atoms with Gasteiger partial charge in [0.25, 0.3) is 0 Å². The Hall–Kier alpha value is -1.65. The van der Waals surface area contributed by atoms with Crippen LogP contribution in [0.5, 0.6) is 0 Å². The number of hydrogen-bond acceptors (Lipinski definition) is 3. The number of halogens is 1. The van der Waals surface area contributed by atoms with Crippen LogP contribution in [0.4, 0.5) is 15.8 Å². The van der Waals surface area contributed by atoms with Crippen molar-refractivity contribution in [3.63, 3.8) is 0 Å². The van der Waals surface area contributed by atoms with Crippen LogP contribution in [-0.2, 0) is 0 Å². The number of hydrogen-bond donors (Lipinski definition) is 1. The average molecular weight is 252 g/mol. The van der Waals surface area contributed by atoms with E-state index in [1.54, 1.807) is 6.07 Å². The van der Waals surface area contributed by atoms with Crippen molar-refractivity contribution in [2.75, 3.05) is 5.32 Å². The molecule has 0 aliphatic heterocycles. The first kappa shape index (κ1) is 12.8. The summed E-state index contributed by atoms with van der Waals surface area (Å²) in [6.45, 7) is 4.40. The topological polar surface area (TPSA) is 55.2 Å². The molecule has 0 saturated heterocycles. The first-order valence-electron chi connectivity index (χ1n) is 6.18. The molecule has 5 heteroatoms. The normalized spacial score (nSPS) is 22.7. The Labute approximate surface area is 105 Å². The molecule has 4 nitrogen and oxygen atoms in total. The number of nitrogens with one attached hydrogen (secondary N) is 1. The smallest absolute Gasteiger partial charge is 0.304 e. The molecule has 1 N–H and O–H groups in total. The Morgan fingerprint density at radius 3 is 2.61 bits per heavy atom. The molecular formula is C13H17FN2O2. The fraction of sp³-hybridized carbons (Fsp3) is 0.538. The molecule has 98 valence electrons. The third kappa shape index (κ3) is 2.60. The van der Waals surface area contributed by atoms with Gasteiger partial charge in [-0.1, -0.05) is 13.8 Å². The van der Waals surface area contributed by atoms with Gasteiger partial charge >= 0.3 is 5.69 Å². The molecule has 1 aromatic carbocycles. The van der Waals surface area contributed by atoms with Crippen molar-refractivity contribution >= 4 is 11.4 Å². The Balaban J connectivity index is 1.96. The molecule has 0 spiro atoms. The second-order valence-electron chi connectivity index (χ2n) is 5.24. The molecule has 1 aromatic rings. The van der Waals surface area contributed by atoms with Crippen molar-refractivity contribution in [2.45, 2.75) is 32.7 Å². The minimum Gasteiger partial charge on any atom is -0.382 e. The van der Waals surface area contributed by atoms with Crippen LogP contribution in [0.2, 0.25) is 0 Å². The zero-order valence-corrected chi connectivity index (χ0v) is 10.5. The van der Waals surface area contributed by atoms with Gasteiger partial charge in [0.05, 0.1) is 4.92 Å². The summed E-state index contributed by atoms with van der Waals surface area (Å²) in [5.41, 5.74) is 0.138. The number of nitro groups is 1. The minimum atomic E-state index is -0.787. The third-order valence-electron chi connectivity index (χ3n) is 3.63. The van der Waals surface area contributed by atoms with E-state index < -0.39 is 16.4 Å². The van der Waals surface area contributed by atoms with Crippen molar-refractivity contribution in [2.24, 2.45) is 11.8 Å². The predicted octanol–water partition coefficient (Wildman–Crippen LogP) is 3.58. The van der Waals surface area contributed by atoms with E-state index in [2.05, 4.69) is 19.2 Å². The van der Waals surface area contributed by atoms with Crippen LogP contribution in [0, 0.1) is 27.8 Å². The average Bonchev–Trinajstić information content (AvgIpc) is 2.21. The highest BCUT2D eigenvalue weighted by molar-refractivity contribution is 5.50. The van der Waals surface area contributed by atoms with E-state index in [1.807, 2.05) is 0 Å². The molecule has 2 rings (SSSR count). The number of nitrogens with zero attached hydrogens (tertiary/aromatic N) is 1. The molecule has 1 fully saturated rings. The van der Waals surface area contributed by atoms with E-state index in [9.17, 15) is 14.5 Å². The van der Waals surface area contributed by atoms with Gasteiger partial charge in [0.15, 0.2) is 0 Å². The number of benzene rings is 1. The summed E-state index contributed by atoms with van der Waals surface area (Å²) in [6, 6.07) is 4.32. The Bertz CT molecular complexity index is 456. The van der Waals surface area contributed by atoms with Crippen molar-refractivity contribution < 1.29 is 9.31 Å². The lowest BCUT2D eigenvalue weighted by Crippen LogP contribution is -2.37. The maximum Gasteiger partial charge on any atom is 0.304 e. The number of anilines is 1. The number of nitro benzene ring substituents is 1. The van der Waals surface area contributed by atoms with Crippen LogP contribution >= 0.6 is 0 Å². The number of rotatable bonds is 4. The lowest BCUT2D eigenvalue weighted by atomic mass is 9.73. The zero-order chi connectivity index (χ0) is 13.3. The summed E-state index contributed by atoms with van der Waals surface area (Å²) >= 11 is 0. The van der Waals surface area contributed by atoms with Crippen LogP contribution in [0.25, 0.3) is 0 Å². The van der Waals surface area contributed by atoms with E-state index in [0.717, 1.165) is 18.8 Å². The molecular weight excluding hydrogens is 235 g/mol. The van der Waals surface area contributed by atoms with Gasteiger partial charge in [0, 0.05) is 23.9 Å². The van der Waals surface area contributed by atoms with Crippen LogP contribution in [0.3, 0.4) is 0 Å². The van der Waals surface area contributed by atoms with Crippen LogP contribution in [0.1, 0.15) is 26.7 Å². The summed E-state index contributed by atoms with van der Waals surface area (Å²) < 4.78 is 13.4. The summed E-state index contributed by atoms with van der Waals surface area (Å²) in [7, 11) is 0. The van der Waals surface area contributed by atoms with Crippen molar-refractivity contribution in [3.8, 4) is 0 Å². The predicted molar refractivity (Wildman–Crippen MR) is 68.0 cm³/mol. The molecule has 0 unspecified atom stereocenters. The molecule has 0 atom stereocenters. The summed E-state index contributed by atoms with van der Waals surface area (Å²) in [6.07, 6.45) is 2.16. The Morgan fingerprint density at radius 2 is 2.11 bits per heavy atom. The maximum atomic E-state index is 13.4. The highest BCUT2D eigenvalue weighted by atomic mass is 19.1. The highest BCUT2D eigenvalue weighted by Crippen LogP contribution is 2.35. The van der Waals surface area contributed by atoms with Crippen LogP contribution < -0.4 is 5.32 Å². The van der Waals surface area contributed by atoms with Crippen LogP contribution in [0.15, 0.2) is 18.2 Å². The second-order valence-corrected chi connectivity index (χ2v) is 5.24. The Kier molecular flexibility index (Phi) is 3.50. The van der Waals surface area contributed by atoms with E-state index >= 15 is 0 Å². The van der Waals surface area contributed by atoms with Crippen molar-refractivity contribution in [3.05, 3.63) is 34.1 Å². The molecule has 1 aliphatic rings. The molecule has 0 bridgehead atoms. The molecule has 0 amide bonds. The molecule has 18 heavy (non-hydrogen) atoms. The van der Waals surface area contributed by atoms with E-state index in [-0.39, 0.29) is 0 Å². The van der Waals surface area contributed by atoms with Crippen molar-refractivity contribution in [1.29, 1.82) is 0 Å². The SMILES string of the molecule is CC(C)C1CC(Nc2ccc([N+](=O)[O-])c(F)c2)C1. The minimum absolute atomic E-state index is 0.359. The lowest BCUT2D eigenvalue weighted by Gasteiger charge is -2.39. The van der Waals surface area contributed by atoms with Gasteiger partial charge in [-0.2, -0.15) is 4.39 Å². The molecule has 0 radical (unpaired) electrons. The monoisotopic (exact) mass is 252 g/mol. The molecule has 1 saturated carbocycles. The van der Waals surface area contributed by atoms with Gasteiger partial charge < -0.3 is 5.32 Å². The zero-order valence-electron chi connectivity index (χ0n) is 10.5. The largest absolute Gasteiger partial charge is 0.382 e. The first-order valence-corrected chi connectivity index (χ1v) is 6.18. The van der Waals surface area contributed by atoms with Gasteiger partial charge in [-0.15, -0.1) is 0 Å². The summed E-state index contributed by atoms with van der Waals surface area (Å²) in [5.74, 6) is 0.617. The van der Waals surface area contributed by atoms with Gasteiger partial charge in [-0.05, 0) is 30.7 Å². The Morgan fingerprint density at radius 1 is 1.44 bits per heavy atom. The van der Waals surface area contributed by atoms with Gasteiger partial charge in [0.2, 0.25) is 5.82 Å². The van der Waals surface area contributed by atoms with Gasteiger partial charge in [0.1, 0.15) is 0 Å². The molecule has 1 aliphatic carbocycles. The summed E-state index contributed by atoms with van der Waals surface area (Å²) in [5, 5.41) is 13.7. The van der Waals surface area contributed by atoms with Gasteiger partial charge in [-0.3, -0.25) is 10.1 Å². The first-order chi connectivity index (χ1) is 8.47. The second kappa shape index (κ2) is 4.92. The van der Waals surface area contributed by atoms with E-state index in [1.165, 1.54) is 12.1 Å². The molecule has 0 aromatic heterocycles. The maximum absolute atomic E-state index is 13.4. The lowest BCUT2D eigenvalue weighted by molar-refractivity contribution is -0.387. The van der Waals surface area contributed by atoms with E-state index in [0.29, 0.717) is 17.6 Å². The summed E-state index contributed by atoms with van der Waals surface area (Å²) in [4.78, 5) is 9.77. The standard InChI is InChI=1S/C13H17FN2O2/c1-8(2)9-5-11(6-9)15-10-3-4-13(16(17)18)12(14)7-10/h3-4,7-9,11,15H,5-6H2,1-2H3. The van der Waals surface area contributed by atoms with Crippen molar-refractivity contribution in [1.82, 2.24) is 0 Å². The van der Waals surface area contributed by atoms with Gasteiger partial charge in [-0.25, -0.2) is 0 Å². The van der Waals surface area contributed by atoms with E-state index in [4.69, 9.17) is 0 Å². The fourth-order valence-electron chi connectivity index (χ4n) is 2.30. The third-order valence-corrected chi connectivity index (χ3v) is 3.63. The van der Waals surface area contributed by atoms with Crippen LogP contribution in [-0.4, -0.2) is 11.0 Å².